The lowest BCUT2D eigenvalue weighted by molar-refractivity contribution is 0.429. The number of hydrogen-bond donors (Lipinski definition) is 0. The molecule has 66 valence electrons. The fourth-order valence-corrected chi connectivity index (χ4v) is 1.26. The van der Waals surface area contributed by atoms with Crippen molar-refractivity contribution in [1.82, 2.24) is 0 Å². The van der Waals surface area contributed by atoms with Gasteiger partial charge >= 0.3 is 0 Å². The molecule has 0 aliphatic heterocycles. The minimum atomic E-state index is -0.120. The van der Waals surface area contributed by atoms with Crippen LogP contribution in [-0.4, -0.2) is 4.43 Å². The Kier molecular flexibility index (Phi) is 3.03. The van der Waals surface area contributed by atoms with E-state index in [1.165, 1.54) is 0 Å². The topological polar surface area (TPSA) is 0 Å². The first-order valence-corrected chi connectivity index (χ1v) is 5.63. The van der Waals surface area contributed by atoms with Crippen molar-refractivity contribution in [2.75, 3.05) is 4.43 Å². The van der Waals surface area contributed by atoms with Crippen LogP contribution >= 0.6 is 22.6 Å². The van der Waals surface area contributed by atoms with E-state index in [2.05, 4.69) is 36.4 Å². The number of benzene rings is 1. The van der Waals surface area contributed by atoms with E-state index in [9.17, 15) is 0 Å². The zero-order chi connectivity index (χ0) is 9.90. The zero-order valence-corrected chi connectivity index (χ0v) is 9.71. The maximum atomic E-state index is 8.11. The summed E-state index contributed by atoms with van der Waals surface area (Å²) in [4.78, 5) is 0. The lowest BCUT2D eigenvalue weighted by Crippen LogP contribution is -2.16. The number of rotatable bonds is 3. The molecule has 0 amide bonds. The van der Waals surface area contributed by atoms with Crippen molar-refractivity contribution in [2.45, 2.75) is 20.2 Å². The smallest absolute Gasteiger partial charge is 0.0322 e. The van der Waals surface area contributed by atoms with Gasteiger partial charge in [0.25, 0.3) is 0 Å². The molecule has 0 spiro atoms. The summed E-state index contributed by atoms with van der Waals surface area (Å²) < 4.78 is 9.12. The molecule has 1 aromatic carbocycles. The highest BCUT2D eigenvalue weighted by atomic mass is 127. The Morgan fingerprint density at radius 1 is 1.33 bits per heavy atom. The fraction of sp³-hybridized carbons (Fsp3) is 0.455. The van der Waals surface area contributed by atoms with Crippen molar-refractivity contribution >= 4 is 22.6 Å². The van der Waals surface area contributed by atoms with Crippen molar-refractivity contribution in [2.24, 2.45) is 5.41 Å². The van der Waals surface area contributed by atoms with Gasteiger partial charge in [0.2, 0.25) is 0 Å². The molecule has 12 heavy (non-hydrogen) atoms. The molecule has 0 aromatic heterocycles. The summed E-state index contributed by atoms with van der Waals surface area (Å²) in [7, 11) is 0. The third-order valence-corrected chi connectivity index (χ3v) is 3.67. The minimum Gasteiger partial charge on any atom is -0.0858 e. The van der Waals surface area contributed by atoms with E-state index in [-0.39, 0.29) is 11.8 Å². The lowest BCUT2D eigenvalue weighted by Gasteiger charge is -2.21. The van der Waals surface area contributed by atoms with Crippen LogP contribution in [0.4, 0.5) is 0 Å². The summed E-state index contributed by atoms with van der Waals surface area (Å²) in [5.41, 5.74) is 1.17. The van der Waals surface area contributed by atoms with Gasteiger partial charge in [-0.15, -0.1) is 0 Å². The van der Waals surface area contributed by atoms with Crippen molar-refractivity contribution in [3.05, 3.63) is 35.9 Å². The van der Waals surface area contributed by atoms with E-state index in [4.69, 9.17) is 1.37 Å². The molecule has 0 heterocycles. The second kappa shape index (κ2) is 4.26. The van der Waals surface area contributed by atoms with Gasteiger partial charge in [-0.3, -0.25) is 0 Å². The molecule has 0 nitrogen and oxygen atoms in total. The Balaban J connectivity index is 2.85. The maximum absolute atomic E-state index is 8.11. The Bertz CT molecular complexity index is 256. The van der Waals surface area contributed by atoms with Crippen LogP contribution in [0, 0.1) is 5.41 Å². The first kappa shape index (κ1) is 8.54. The third-order valence-electron chi connectivity index (χ3n) is 1.70. The highest BCUT2D eigenvalue weighted by Crippen LogP contribution is 2.23. The predicted octanol–water partition coefficient (Wildman–Crippen LogP) is 3.69. The van der Waals surface area contributed by atoms with Gasteiger partial charge in [-0.1, -0.05) is 66.8 Å². The Morgan fingerprint density at radius 3 is 2.42 bits per heavy atom. The van der Waals surface area contributed by atoms with Crippen LogP contribution in [0.15, 0.2) is 30.3 Å². The molecule has 1 atom stereocenters. The van der Waals surface area contributed by atoms with Crippen molar-refractivity contribution < 1.29 is 1.37 Å². The van der Waals surface area contributed by atoms with Crippen molar-refractivity contribution in [3.63, 3.8) is 0 Å². The van der Waals surface area contributed by atoms with Crippen LogP contribution in [0.5, 0.6) is 0 Å². The van der Waals surface area contributed by atoms with Crippen LogP contribution in [-0.2, 0) is 6.40 Å². The predicted molar refractivity (Wildman–Crippen MR) is 62.8 cm³/mol. The van der Waals surface area contributed by atoms with Crippen LogP contribution in [0.25, 0.3) is 0 Å². The fourth-order valence-electron chi connectivity index (χ4n) is 1.04. The van der Waals surface area contributed by atoms with Gasteiger partial charge in [-0.2, -0.15) is 0 Å². The maximum Gasteiger partial charge on any atom is 0.0322 e. The summed E-state index contributed by atoms with van der Waals surface area (Å²) in [5.74, 6) is 0. The van der Waals surface area contributed by atoms with Crippen LogP contribution in [0.3, 0.4) is 0 Å². The molecule has 0 aliphatic rings. The van der Waals surface area contributed by atoms with Crippen LogP contribution < -0.4 is 0 Å². The van der Waals surface area contributed by atoms with E-state index in [0.29, 0.717) is 0 Å². The molecule has 0 aliphatic carbocycles. The second-order valence-corrected chi connectivity index (χ2v) is 4.44. The van der Waals surface area contributed by atoms with Gasteiger partial charge in [-0.05, 0) is 17.4 Å². The summed E-state index contributed by atoms with van der Waals surface area (Å²) in [6.45, 7) is 4.29. The normalized spacial score (nSPS) is 15.4. The van der Waals surface area contributed by atoms with Crippen molar-refractivity contribution in [1.29, 1.82) is 0 Å². The molecule has 0 N–H and O–H groups in total. The first-order chi connectivity index (χ1) is 6.08. The largest absolute Gasteiger partial charge is 0.0858 e. The second-order valence-electron chi connectivity index (χ2n) is 3.68. The van der Waals surface area contributed by atoms with Gasteiger partial charge < -0.3 is 0 Å². The molecular weight excluding hydrogens is 259 g/mol. The van der Waals surface area contributed by atoms with E-state index in [1.54, 1.807) is 0 Å². The number of hydrogen-bond acceptors (Lipinski definition) is 0. The highest BCUT2D eigenvalue weighted by Gasteiger charge is 2.15. The number of alkyl halides is 1. The average molecular weight is 275 g/mol. The average Bonchev–Trinajstić information content (AvgIpc) is 2.18. The molecule has 1 unspecified atom stereocenters. The summed E-state index contributed by atoms with van der Waals surface area (Å²) in [6, 6.07) is 10.1. The molecule has 1 aromatic rings. The molecule has 0 bridgehead atoms. The van der Waals surface area contributed by atoms with Gasteiger partial charge in [0, 0.05) is 5.80 Å². The molecule has 0 saturated heterocycles. The molecule has 0 fully saturated rings. The zero-order valence-electron chi connectivity index (χ0n) is 8.55. The van der Waals surface area contributed by atoms with Crippen LogP contribution in [0.2, 0.25) is 0 Å². The molecule has 0 saturated carbocycles. The van der Waals surface area contributed by atoms with Crippen LogP contribution in [0.1, 0.15) is 20.8 Å². The van der Waals surface area contributed by atoms with Gasteiger partial charge in [0.15, 0.2) is 0 Å². The molecule has 1 heteroatoms. The molecule has 1 rings (SSSR count). The lowest BCUT2D eigenvalue weighted by atomic mass is 9.88. The quantitative estimate of drug-likeness (QED) is 0.583. The Labute approximate surface area is 89.9 Å². The minimum absolute atomic E-state index is 0.0575. The van der Waals surface area contributed by atoms with E-state index < -0.39 is 0 Å². The van der Waals surface area contributed by atoms with Gasteiger partial charge in [-0.25, -0.2) is 0 Å². The first-order valence-electron chi connectivity index (χ1n) is 4.69. The number of halogens is 1. The third kappa shape index (κ3) is 3.13. The Morgan fingerprint density at radius 2 is 1.92 bits per heavy atom. The summed E-state index contributed by atoms with van der Waals surface area (Å²) >= 11 is 2.35. The van der Waals surface area contributed by atoms with E-state index in [1.807, 2.05) is 30.3 Å². The standard InChI is InChI=1S/C11H15I/c1-11(2,9-12)8-10-6-4-3-5-7-10/h3-7H,8-9H2,1-2H3/i8D. The van der Waals surface area contributed by atoms with E-state index >= 15 is 0 Å². The van der Waals surface area contributed by atoms with E-state index in [0.717, 1.165) is 9.99 Å². The SMILES string of the molecule is [2H]C(c1ccccc1)C(C)(C)CI. The monoisotopic (exact) mass is 275 g/mol. The summed E-state index contributed by atoms with van der Waals surface area (Å²) in [5, 5.41) is 0. The summed E-state index contributed by atoms with van der Waals surface area (Å²) in [6.07, 6.45) is -0.120. The van der Waals surface area contributed by atoms with Gasteiger partial charge in [0.05, 0.1) is 0 Å². The molecule has 0 radical (unpaired) electrons. The highest BCUT2D eigenvalue weighted by molar-refractivity contribution is 14.1. The van der Waals surface area contributed by atoms with Gasteiger partial charge in [0.1, 0.15) is 0 Å². The molecular formula is C11H15I. The van der Waals surface area contributed by atoms with Crippen molar-refractivity contribution in [3.8, 4) is 0 Å². The Hall–Kier alpha value is -0.0500.